The second-order valence-electron chi connectivity index (χ2n) is 7.05. The molecule has 0 aromatic rings. The highest BCUT2D eigenvalue weighted by molar-refractivity contribution is 7.81. The number of hydrogen-bond donors (Lipinski definition) is 1. The average Bonchev–Trinajstić information content (AvgIpc) is 2.50. The maximum atomic E-state index is 10.9. The predicted octanol–water partition coefficient (Wildman–Crippen LogP) is 5.54. The van der Waals surface area contributed by atoms with Gasteiger partial charge in [0.05, 0.1) is 0 Å². The molecule has 0 spiro atoms. The molecule has 2 atom stereocenters. The molecule has 0 N–H and O–H groups in total. The molecule has 3 heteroatoms. The topological polar surface area (TPSA) is 40.1 Å². The summed E-state index contributed by atoms with van der Waals surface area (Å²) in [7, 11) is 0. The second-order valence-corrected chi connectivity index (χ2v) is 7.87. The number of hydrogen-bond acceptors (Lipinski definition) is 3. The van der Waals surface area contributed by atoms with Crippen LogP contribution < -0.4 is 5.11 Å². The Balaban J connectivity index is 3.23. The third-order valence-electron chi connectivity index (χ3n) is 4.75. The lowest BCUT2D eigenvalue weighted by Gasteiger charge is -2.20. The Morgan fingerprint density at radius 2 is 1.13 bits per heavy atom. The van der Waals surface area contributed by atoms with Crippen LogP contribution >= 0.6 is 12.6 Å². The largest absolute Gasteiger partial charge is 0.550 e. The van der Waals surface area contributed by atoms with E-state index in [-0.39, 0.29) is 5.25 Å². The van der Waals surface area contributed by atoms with E-state index >= 15 is 0 Å². The van der Waals surface area contributed by atoms with E-state index in [1.165, 1.54) is 77.0 Å². The molecule has 0 rings (SSSR count). The van der Waals surface area contributed by atoms with Crippen LogP contribution in [0.15, 0.2) is 0 Å². The van der Waals surface area contributed by atoms with Crippen LogP contribution in [-0.2, 0) is 4.79 Å². The lowest BCUT2D eigenvalue weighted by molar-refractivity contribution is -0.311. The van der Waals surface area contributed by atoms with E-state index in [1.54, 1.807) is 0 Å². The molecule has 0 fully saturated rings. The maximum Gasteiger partial charge on any atom is 0.0456 e. The Bertz CT molecular complexity index is 266. The van der Waals surface area contributed by atoms with Gasteiger partial charge in [-0.2, -0.15) is 12.6 Å². The lowest BCUT2D eigenvalue weighted by atomic mass is 9.97. The number of thiol groups is 1. The average molecular weight is 344 g/mol. The molecule has 0 aliphatic rings. The Kier molecular flexibility index (Phi) is 16.5. The molecule has 0 amide bonds. The van der Waals surface area contributed by atoms with Gasteiger partial charge < -0.3 is 9.90 Å². The Morgan fingerprint density at radius 1 is 0.783 bits per heavy atom. The van der Waals surface area contributed by atoms with Gasteiger partial charge in [0.25, 0.3) is 0 Å². The van der Waals surface area contributed by atoms with Crippen LogP contribution in [-0.4, -0.2) is 11.2 Å². The van der Waals surface area contributed by atoms with Crippen molar-refractivity contribution in [2.75, 3.05) is 0 Å². The Morgan fingerprint density at radius 3 is 1.43 bits per heavy atom. The van der Waals surface area contributed by atoms with Crippen LogP contribution in [0.25, 0.3) is 0 Å². The van der Waals surface area contributed by atoms with Crippen molar-refractivity contribution in [2.24, 2.45) is 5.92 Å². The molecule has 0 radical (unpaired) electrons. The summed E-state index contributed by atoms with van der Waals surface area (Å²) in [5.74, 6) is -1.34. The van der Waals surface area contributed by atoms with E-state index in [9.17, 15) is 9.90 Å². The fourth-order valence-electron chi connectivity index (χ4n) is 3.11. The molecule has 23 heavy (non-hydrogen) atoms. The monoisotopic (exact) mass is 343 g/mol. The first-order valence-corrected chi connectivity index (χ1v) is 10.5. The van der Waals surface area contributed by atoms with Gasteiger partial charge in [-0.15, -0.1) is 0 Å². The van der Waals surface area contributed by atoms with Crippen molar-refractivity contribution in [1.29, 1.82) is 0 Å². The summed E-state index contributed by atoms with van der Waals surface area (Å²) in [6.45, 7) is 4.11. The van der Waals surface area contributed by atoms with Gasteiger partial charge in [0.1, 0.15) is 0 Å². The van der Waals surface area contributed by atoms with Gasteiger partial charge in [-0.25, -0.2) is 0 Å². The summed E-state index contributed by atoms with van der Waals surface area (Å²) < 4.78 is 0. The molecule has 0 aliphatic carbocycles. The van der Waals surface area contributed by atoms with Gasteiger partial charge in [0.2, 0.25) is 0 Å². The van der Waals surface area contributed by atoms with Crippen molar-refractivity contribution in [3.05, 3.63) is 0 Å². The molecule has 0 aliphatic heterocycles. The van der Waals surface area contributed by atoms with Gasteiger partial charge in [0, 0.05) is 17.1 Å². The third-order valence-corrected chi connectivity index (χ3v) is 5.11. The maximum absolute atomic E-state index is 10.9. The van der Waals surface area contributed by atoms with Crippen molar-refractivity contribution in [3.8, 4) is 0 Å². The quantitative estimate of drug-likeness (QED) is 0.278. The predicted molar refractivity (Wildman–Crippen MR) is 102 cm³/mol. The number of aliphatic carboxylic acids is 1. The highest BCUT2D eigenvalue weighted by Crippen LogP contribution is 2.18. The molecule has 2 nitrogen and oxygen atoms in total. The molecule has 138 valence electrons. The van der Waals surface area contributed by atoms with Crippen molar-refractivity contribution >= 4 is 18.6 Å². The molecule has 0 heterocycles. The molecule has 0 saturated heterocycles. The number of unbranched alkanes of at least 4 members (excludes halogenated alkanes) is 13. The van der Waals surface area contributed by atoms with Gasteiger partial charge in [-0.05, 0) is 6.42 Å². The minimum Gasteiger partial charge on any atom is -0.550 e. The summed E-state index contributed by atoms with van der Waals surface area (Å²) in [5, 5.41) is 10.8. The van der Waals surface area contributed by atoms with E-state index in [2.05, 4.69) is 19.6 Å². The molecule has 2 unspecified atom stereocenters. The first-order chi connectivity index (χ1) is 11.1. The van der Waals surface area contributed by atoms with E-state index in [4.69, 9.17) is 0 Å². The minimum atomic E-state index is -0.942. The van der Waals surface area contributed by atoms with E-state index in [0.717, 1.165) is 12.8 Å². The summed E-state index contributed by atoms with van der Waals surface area (Å²) in [4.78, 5) is 10.9. The van der Waals surface area contributed by atoms with E-state index in [0.29, 0.717) is 6.42 Å². The SMILES string of the molecule is CCCCCCCCCCCCCCCCC(C(=O)[O-])C(C)S. The molecular formula is C20H39O2S-. The summed E-state index contributed by atoms with van der Waals surface area (Å²) >= 11 is 4.23. The smallest absolute Gasteiger partial charge is 0.0456 e. The van der Waals surface area contributed by atoms with Gasteiger partial charge in [-0.1, -0.05) is 104 Å². The van der Waals surface area contributed by atoms with Crippen LogP contribution in [0.4, 0.5) is 0 Å². The normalized spacial score (nSPS) is 13.9. The molecule has 0 bridgehead atoms. The molecule has 0 aromatic carbocycles. The van der Waals surface area contributed by atoms with Crippen LogP contribution in [0, 0.1) is 5.92 Å². The number of rotatable bonds is 17. The van der Waals surface area contributed by atoms with Crippen molar-refractivity contribution in [1.82, 2.24) is 0 Å². The van der Waals surface area contributed by atoms with Gasteiger partial charge in [-0.3, -0.25) is 0 Å². The van der Waals surface area contributed by atoms with Crippen LogP contribution in [0.1, 0.15) is 110 Å². The first kappa shape index (κ1) is 22.8. The minimum absolute atomic E-state index is 0.109. The van der Waals surface area contributed by atoms with Crippen LogP contribution in [0.5, 0.6) is 0 Å². The van der Waals surface area contributed by atoms with Crippen LogP contribution in [0.3, 0.4) is 0 Å². The standard InChI is InChI=1S/C20H40O2S/c1-3-4-5-6-7-8-9-10-11-12-13-14-15-16-17-19(18(2)23)20(21)22/h18-19,23H,3-17H2,1-2H3,(H,21,22)/p-1. The fraction of sp³-hybridized carbons (Fsp3) is 0.950. The fourth-order valence-corrected chi connectivity index (χ4v) is 3.39. The summed E-state index contributed by atoms with van der Waals surface area (Å²) in [6.07, 6.45) is 19.3. The summed E-state index contributed by atoms with van der Waals surface area (Å²) in [5.41, 5.74) is 0. The van der Waals surface area contributed by atoms with E-state index < -0.39 is 11.9 Å². The lowest BCUT2D eigenvalue weighted by Crippen LogP contribution is -2.35. The highest BCUT2D eigenvalue weighted by Gasteiger charge is 2.14. The van der Waals surface area contributed by atoms with Gasteiger partial charge >= 0.3 is 0 Å². The van der Waals surface area contributed by atoms with Crippen molar-refractivity contribution in [3.63, 3.8) is 0 Å². The highest BCUT2D eigenvalue weighted by atomic mass is 32.1. The zero-order valence-electron chi connectivity index (χ0n) is 15.5. The van der Waals surface area contributed by atoms with Crippen molar-refractivity contribution < 1.29 is 9.90 Å². The molecule has 0 aromatic heterocycles. The van der Waals surface area contributed by atoms with Crippen molar-refractivity contribution in [2.45, 2.75) is 115 Å². The van der Waals surface area contributed by atoms with Gasteiger partial charge in [0.15, 0.2) is 0 Å². The zero-order valence-corrected chi connectivity index (χ0v) is 16.4. The zero-order chi connectivity index (χ0) is 17.3. The molecule has 0 saturated carbocycles. The first-order valence-electron chi connectivity index (χ1n) is 9.98. The third kappa shape index (κ3) is 15.1. The number of carboxylic acid groups (broad SMARTS) is 1. The molecular weight excluding hydrogens is 304 g/mol. The van der Waals surface area contributed by atoms with E-state index in [1.807, 2.05) is 6.92 Å². The second kappa shape index (κ2) is 16.7. The summed E-state index contributed by atoms with van der Waals surface area (Å²) in [6, 6.07) is 0. The number of carbonyl (C=O) groups excluding carboxylic acids is 1. The number of carbonyl (C=O) groups is 1. The number of carboxylic acids is 1. The Hall–Kier alpha value is -0.180. The Labute approximate surface area is 150 Å². The van der Waals surface area contributed by atoms with Crippen LogP contribution in [0.2, 0.25) is 0 Å².